The first-order chi connectivity index (χ1) is 5.59. The second kappa shape index (κ2) is 3.91. The van der Waals surface area contributed by atoms with E-state index in [4.69, 9.17) is 5.11 Å². The number of rotatable bonds is 3. The summed E-state index contributed by atoms with van der Waals surface area (Å²) in [6.07, 6.45) is -0.00298. The molecule has 1 atom stereocenters. The number of aromatic nitrogens is 1. The van der Waals surface area contributed by atoms with Crippen LogP contribution in [0, 0.1) is 0 Å². The van der Waals surface area contributed by atoms with Crippen LogP contribution >= 0.6 is 24.0 Å². The van der Waals surface area contributed by atoms with Gasteiger partial charge in [0.1, 0.15) is 5.01 Å². The Kier molecular flexibility index (Phi) is 3.11. The Morgan fingerprint density at radius 2 is 2.58 bits per heavy atom. The Balaban J connectivity index is 2.70. The summed E-state index contributed by atoms with van der Waals surface area (Å²) in [6, 6.07) is 0. The summed E-state index contributed by atoms with van der Waals surface area (Å²) in [5.74, 6) is -0.848. The molecule has 0 aliphatic rings. The second-order valence-corrected chi connectivity index (χ2v) is 4.09. The lowest BCUT2D eigenvalue weighted by Gasteiger charge is -1.94. The second-order valence-electron chi connectivity index (χ2n) is 2.42. The predicted molar refractivity (Wildman–Crippen MR) is 50.9 cm³/mol. The van der Waals surface area contributed by atoms with Crippen molar-refractivity contribution in [2.75, 3.05) is 0 Å². The summed E-state index contributed by atoms with van der Waals surface area (Å²) in [5, 5.41) is 11.2. The van der Waals surface area contributed by atoms with E-state index in [2.05, 4.69) is 17.6 Å². The zero-order valence-corrected chi connectivity index (χ0v) is 8.23. The largest absolute Gasteiger partial charge is 0.481 e. The smallest absolute Gasteiger partial charge is 0.309 e. The lowest BCUT2D eigenvalue weighted by Crippen LogP contribution is -2.00. The van der Waals surface area contributed by atoms with Crippen molar-refractivity contribution >= 4 is 29.9 Å². The van der Waals surface area contributed by atoms with Gasteiger partial charge in [0.05, 0.1) is 17.4 Å². The molecule has 3 nitrogen and oxygen atoms in total. The molecule has 1 heterocycles. The van der Waals surface area contributed by atoms with Crippen molar-refractivity contribution in [3.05, 3.63) is 16.1 Å². The van der Waals surface area contributed by atoms with E-state index >= 15 is 0 Å². The van der Waals surface area contributed by atoms with Crippen LogP contribution in [-0.2, 0) is 11.2 Å². The standard InChI is InChI=1S/C7H9NO2S2/c1-4(11)7-8-5(3-12-7)2-6(9)10/h3-4,11H,2H2,1H3,(H,9,10). The lowest BCUT2D eigenvalue weighted by atomic mass is 10.3. The van der Waals surface area contributed by atoms with E-state index in [1.54, 1.807) is 5.38 Å². The van der Waals surface area contributed by atoms with Gasteiger partial charge in [0.15, 0.2) is 0 Å². The molecule has 1 N–H and O–H groups in total. The molecule has 0 aromatic carbocycles. The summed E-state index contributed by atoms with van der Waals surface area (Å²) in [7, 11) is 0. The zero-order valence-electron chi connectivity index (χ0n) is 6.52. The quantitative estimate of drug-likeness (QED) is 0.736. The average Bonchev–Trinajstić information content (AvgIpc) is 2.34. The van der Waals surface area contributed by atoms with Gasteiger partial charge in [-0.25, -0.2) is 4.98 Å². The van der Waals surface area contributed by atoms with Crippen molar-refractivity contribution in [1.29, 1.82) is 0 Å². The monoisotopic (exact) mass is 203 g/mol. The SMILES string of the molecule is CC(S)c1nc(CC(=O)O)cs1. The summed E-state index contributed by atoms with van der Waals surface area (Å²) >= 11 is 5.64. The molecule has 1 rings (SSSR count). The van der Waals surface area contributed by atoms with Crippen molar-refractivity contribution < 1.29 is 9.90 Å². The van der Waals surface area contributed by atoms with Crippen LogP contribution in [0.5, 0.6) is 0 Å². The average molecular weight is 203 g/mol. The molecule has 0 amide bonds. The van der Waals surface area contributed by atoms with Crippen LogP contribution in [0.15, 0.2) is 5.38 Å². The first-order valence-corrected chi connectivity index (χ1v) is 4.83. The van der Waals surface area contributed by atoms with Crippen molar-refractivity contribution in [3.8, 4) is 0 Å². The van der Waals surface area contributed by atoms with Gasteiger partial charge in [-0.3, -0.25) is 4.79 Å². The number of carboxylic acids is 1. The maximum Gasteiger partial charge on any atom is 0.309 e. The van der Waals surface area contributed by atoms with Crippen LogP contribution in [0.3, 0.4) is 0 Å². The summed E-state index contributed by atoms with van der Waals surface area (Å²) in [6.45, 7) is 1.91. The molecule has 0 saturated carbocycles. The molecule has 0 fully saturated rings. The number of hydrogen-bond acceptors (Lipinski definition) is 4. The van der Waals surface area contributed by atoms with E-state index in [1.807, 2.05) is 6.92 Å². The van der Waals surface area contributed by atoms with E-state index in [0.29, 0.717) is 5.69 Å². The highest BCUT2D eigenvalue weighted by Gasteiger charge is 2.08. The number of nitrogens with zero attached hydrogens (tertiary/aromatic N) is 1. The molecule has 0 radical (unpaired) electrons. The van der Waals surface area contributed by atoms with Gasteiger partial charge < -0.3 is 5.11 Å². The van der Waals surface area contributed by atoms with Crippen LogP contribution in [0.25, 0.3) is 0 Å². The molecule has 0 spiro atoms. The van der Waals surface area contributed by atoms with Crippen LogP contribution < -0.4 is 0 Å². The Morgan fingerprint density at radius 3 is 3.00 bits per heavy atom. The lowest BCUT2D eigenvalue weighted by molar-refractivity contribution is -0.136. The molecule has 0 aliphatic carbocycles. The van der Waals surface area contributed by atoms with Crippen LogP contribution in [-0.4, -0.2) is 16.1 Å². The molecule has 0 bridgehead atoms. The number of thiazole rings is 1. The predicted octanol–water partition coefficient (Wildman–Crippen LogP) is 1.76. The van der Waals surface area contributed by atoms with Gasteiger partial charge in [-0.15, -0.1) is 11.3 Å². The Morgan fingerprint density at radius 1 is 1.92 bits per heavy atom. The third kappa shape index (κ3) is 2.49. The van der Waals surface area contributed by atoms with Crippen LogP contribution in [0.1, 0.15) is 22.9 Å². The Hall–Kier alpha value is -0.550. The van der Waals surface area contributed by atoms with Crippen LogP contribution in [0.4, 0.5) is 0 Å². The van der Waals surface area contributed by atoms with E-state index in [9.17, 15) is 4.79 Å². The van der Waals surface area contributed by atoms with E-state index in [1.165, 1.54) is 11.3 Å². The van der Waals surface area contributed by atoms with Crippen molar-refractivity contribution in [3.63, 3.8) is 0 Å². The van der Waals surface area contributed by atoms with Gasteiger partial charge >= 0.3 is 5.97 Å². The van der Waals surface area contributed by atoms with Gasteiger partial charge in [0.2, 0.25) is 0 Å². The maximum absolute atomic E-state index is 10.3. The van der Waals surface area contributed by atoms with Gasteiger partial charge in [-0.05, 0) is 6.92 Å². The third-order valence-electron chi connectivity index (χ3n) is 1.26. The highest BCUT2D eigenvalue weighted by molar-refractivity contribution is 7.80. The fourth-order valence-corrected chi connectivity index (χ4v) is 1.75. The molecular formula is C7H9NO2S2. The fraction of sp³-hybridized carbons (Fsp3) is 0.429. The number of aliphatic carboxylic acids is 1. The first-order valence-electron chi connectivity index (χ1n) is 3.43. The highest BCUT2D eigenvalue weighted by atomic mass is 32.1. The van der Waals surface area contributed by atoms with Crippen LogP contribution in [0.2, 0.25) is 0 Å². The molecule has 12 heavy (non-hydrogen) atoms. The highest BCUT2D eigenvalue weighted by Crippen LogP contribution is 2.22. The summed E-state index contributed by atoms with van der Waals surface area (Å²) in [4.78, 5) is 14.4. The number of carbonyl (C=O) groups is 1. The topological polar surface area (TPSA) is 50.2 Å². The Bertz CT molecular complexity index is 283. The van der Waals surface area contributed by atoms with Crippen molar-refractivity contribution in [2.45, 2.75) is 18.6 Å². The third-order valence-corrected chi connectivity index (χ3v) is 2.75. The van der Waals surface area contributed by atoms with Gasteiger partial charge in [-0.1, -0.05) is 0 Å². The minimum absolute atomic E-state index is 0.00298. The number of hydrogen-bond donors (Lipinski definition) is 2. The van der Waals surface area contributed by atoms with Gasteiger partial charge in [0.25, 0.3) is 0 Å². The van der Waals surface area contributed by atoms with Crippen molar-refractivity contribution in [1.82, 2.24) is 4.98 Å². The normalized spacial score (nSPS) is 12.8. The molecule has 5 heteroatoms. The van der Waals surface area contributed by atoms with Gasteiger partial charge in [0, 0.05) is 5.38 Å². The zero-order chi connectivity index (χ0) is 9.14. The van der Waals surface area contributed by atoms with Crippen molar-refractivity contribution in [2.24, 2.45) is 0 Å². The molecule has 0 saturated heterocycles. The number of thiol groups is 1. The summed E-state index contributed by atoms with van der Waals surface area (Å²) in [5.41, 5.74) is 0.614. The molecule has 0 aliphatic heterocycles. The molecule has 1 aromatic rings. The van der Waals surface area contributed by atoms with E-state index in [-0.39, 0.29) is 11.7 Å². The minimum atomic E-state index is -0.848. The van der Waals surface area contributed by atoms with E-state index in [0.717, 1.165) is 5.01 Å². The van der Waals surface area contributed by atoms with E-state index < -0.39 is 5.97 Å². The maximum atomic E-state index is 10.3. The minimum Gasteiger partial charge on any atom is -0.481 e. The Labute approximate surface area is 79.9 Å². The number of carboxylic acid groups (broad SMARTS) is 1. The molecular weight excluding hydrogens is 194 g/mol. The first kappa shape index (κ1) is 9.54. The molecule has 1 unspecified atom stereocenters. The fourth-order valence-electron chi connectivity index (χ4n) is 0.751. The van der Waals surface area contributed by atoms with Gasteiger partial charge in [-0.2, -0.15) is 12.6 Å². The summed E-state index contributed by atoms with van der Waals surface area (Å²) < 4.78 is 0. The molecule has 66 valence electrons. The molecule has 1 aromatic heterocycles.